The fraction of sp³-hybridized carbons (Fsp3) is 0.0588. The minimum absolute atomic E-state index is 0.378. The van der Waals surface area contributed by atoms with Gasteiger partial charge < -0.3 is 5.73 Å². The van der Waals surface area contributed by atoms with Crippen LogP contribution in [0.5, 0.6) is 0 Å². The van der Waals surface area contributed by atoms with Gasteiger partial charge in [0.05, 0.1) is 11.4 Å². The van der Waals surface area contributed by atoms with Crippen molar-refractivity contribution in [3.05, 3.63) is 71.4 Å². The van der Waals surface area contributed by atoms with Crippen LogP contribution in [0.25, 0.3) is 22.6 Å². The first-order chi connectivity index (χ1) is 10.3. The Labute approximate surface area is 128 Å². The molecule has 0 aliphatic carbocycles. The molecule has 0 aliphatic heterocycles. The summed E-state index contributed by atoms with van der Waals surface area (Å²) in [6.07, 6.45) is 0. The number of hydrogen-bond donors (Lipinski definition) is 1. The number of nitrogens with zero attached hydrogens (tertiary/aromatic N) is 2. The molecule has 0 atom stereocenters. The van der Waals surface area contributed by atoms with Crippen LogP contribution in [-0.4, -0.2) is 9.97 Å². The van der Waals surface area contributed by atoms with Gasteiger partial charge in [-0.25, -0.2) is 9.97 Å². The van der Waals surface area contributed by atoms with Crippen LogP contribution in [-0.2, 0) is 6.54 Å². The van der Waals surface area contributed by atoms with E-state index in [-0.39, 0.29) is 0 Å². The van der Waals surface area contributed by atoms with E-state index in [2.05, 4.69) is 9.97 Å². The van der Waals surface area contributed by atoms with Crippen LogP contribution in [0.15, 0.2) is 60.7 Å². The molecule has 0 amide bonds. The third kappa shape index (κ3) is 3.10. The molecule has 21 heavy (non-hydrogen) atoms. The third-order valence-electron chi connectivity index (χ3n) is 3.16. The van der Waals surface area contributed by atoms with E-state index in [0.717, 1.165) is 22.5 Å². The molecule has 2 aromatic carbocycles. The zero-order valence-corrected chi connectivity index (χ0v) is 12.1. The second-order valence-corrected chi connectivity index (χ2v) is 5.08. The summed E-state index contributed by atoms with van der Waals surface area (Å²) < 4.78 is 0. The van der Waals surface area contributed by atoms with Crippen molar-refractivity contribution in [3.8, 4) is 22.6 Å². The zero-order chi connectivity index (χ0) is 14.7. The Morgan fingerprint density at radius 1 is 0.857 bits per heavy atom. The molecule has 2 N–H and O–H groups in total. The van der Waals surface area contributed by atoms with Crippen LogP contribution in [0.4, 0.5) is 0 Å². The van der Waals surface area contributed by atoms with E-state index in [0.29, 0.717) is 17.4 Å². The van der Waals surface area contributed by atoms with Crippen molar-refractivity contribution < 1.29 is 0 Å². The summed E-state index contributed by atoms with van der Waals surface area (Å²) in [6.45, 7) is 0.378. The Balaban J connectivity index is 2.11. The van der Waals surface area contributed by atoms with E-state index >= 15 is 0 Å². The molecule has 0 fully saturated rings. The highest BCUT2D eigenvalue weighted by molar-refractivity contribution is 6.30. The summed E-state index contributed by atoms with van der Waals surface area (Å²) in [4.78, 5) is 9.14. The molecule has 3 nitrogen and oxygen atoms in total. The summed E-state index contributed by atoms with van der Waals surface area (Å²) in [6, 6.07) is 19.4. The summed E-state index contributed by atoms with van der Waals surface area (Å²) in [5.41, 5.74) is 9.39. The van der Waals surface area contributed by atoms with E-state index in [1.54, 1.807) is 0 Å². The Morgan fingerprint density at radius 3 is 2.24 bits per heavy atom. The van der Waals surface area contributed by atoms with Gasteiger partial charge >= 0.3 is 0 Å². The van der Waals surface area contributed by atoms with Crippen LogP contribution in [0.1, 0.15) is 5.69 Å². The topological polar surface area (TPSA) is 51.8 Å². The van der Waals surface area contributed by atoms with Gasteiger partial charge in [0.1, 0.15) is 0 Å². The number of halogens is 1. The Morgan fingerprint density at radius 2 is 1.57 bits per heavy atom. The molecule has 0 radical (unpaired) electrons. The normalized spacial score (nSPS) is 10.6. The highest BCUT2D eigenvalue weighted by Gasteiger charge is 2.07. The Kier molecular flexibility index (Phi) is 3.95. The van der Waals surface area contributed by atoms with E-state index in [4.69, 9.17) is 17.3 Å². The van der Waals surface area contributed by atoms with Crippen LogP contribution in [0, 0.1) is 0 Å². The van der Waals surface area contributed by atoms with Crippen molar-refractivity contribution in [3.63, 3.8) is 0 Å². The molecule has 0 saturated carbocycles. The molecule has 3 aromatic rings. The van der Waals surface area contributed by atoms with Crippen molar-refractivity contribution in [1.29, 1.82) is 0 Å². The summed E-state index contributed by atoms with van der Waals surface area (Å²) in [5.74, 6) is 0.684. The minimum atomic E-state index is 0.378. The lowest BCUT2D eigenvalue weighted by atomic mass is 10.1. The number of hydrogen-bond acceptors (Lipinski definition) is 3. The lowest BCUT2D eigenvalue weighted by Gasteiger charge is -2.07. The average Bonchev–Trinajstić information content (AvgIpc) is 2.56. The Bertz CT molecular complexity index is 740. The Hall–Kier alpha value is -2.23. The van der Waals surface area contributed by atoms with Gasteiger partial charge in [-0.2, -0.15) is 0 Å². The van der Waals surface area contributed by atoms with Crippen molar-refractivity contribution in [2.75, 3.05) is 0 Å². The predicted molar refractivity (Wildman–Crippen MR) is 85.8 cm³/mol. The molecule has 0 aliphatic rings. The molecule has 1 aromatic heterocycles. The number of aromatic nitrogens is 2. The van der Waals surface area contributed by atoms with Crippen LogP contribution < -0.4 is 5.73 Å². The number of nitrogens with two attached hydrogens (primary N) is 1. The van der Waals surface area contributed by atoms with Gasteiger partial charge in [0.15, 0.2) is 5.82 Å². The highest BCUT2D eigenvalue weighted by Crippen LogP contribution is 2.23. The van der Waals surface area contributed by atoms with Crippen LogP contribution in [0.3, 0.4) is 0 Å². The van der Waals surface area contributed by atoms with Gasteiger partial charge in [-0.1, -0.05) is 54.1 Å². The second kappa shape index (κ2) is 6.04. The first-order valence-corrected chi connectivity index (χ1v) is 7.03. The van der Waals surface area contributed by atoms with Crippen LogP contribution in [0.2, 0.25) is 5.02 Å². The minimum Gasteiger partial charge on any atom is -0.325 e. The maximum atomic E-state index is 5.93. The van der Waals surface area contributed by atoms with Gasteiger partial charge in [0.25, 0.3) is 0 Å². The average molecular weight is 296 g/mol. The smallest absolute Gasteiger partial charge is 0.160 e. The molecule has 0 bridgehead atoms. The monoisotopic (exact) mass is 295 g/mol. The number of rotatable bonds is 3. The molecule has 104 valence electrons. The molecule has 0 saturated heterocycles. The lowest BCUT2D eigenvalue weighted by molar-refractivity contribution is 0.972. The van der Waals surface area contributed by atoms with E-state index in [1.807, 2.05) is 60.7 Å². The molecular formula is C17H14ClN3. The molecular weight excluding hydrogens is 282 g/mol. The largest absolute Gasteiger partial charge is 0.325 e. The first-order valence-electron chi connectivity index (χ1n) is 6.65. The molecule has 4 heteroatoms. The van der Waals surface area contributed by atoms with Crippen molar-refractivity contribution in [2.45, 2.75) is 6.54 Å². The van der Waals surface area contributed by atoms with Crippen molar-refractivity contribution >= 4 is 11.6 Å². The summed E-state index contributed by atoms with van der Waals surface area (Å²) in [5, 5.41) is 0.704. The molecule has 3 rings (SSSR count). The molecule has 1 heterocycles. The van der Waals surface area contributed by atoms with Crippen molar-refractivity contribution in [1.82, 2.24) is 9.97 Å². The quantitative estimate of drug-likeness (QED) is 0.796. The standard InChI is InChI=1S/C17H14ClN3/c18-14-8-6-12(7-9-14)16-10-15(11-19)20-17(21-16)13-4-2-1-3-5-13/h1-10H,11,19H2. The number of benzene rings is 2. The third-order valence-corrected chi connectivity index (χ3v) is 3.41. The summed E-state index contributed by atoms with van der Waals surface area (Å²) >= 11 is 5.93. The summed E-state index contributed by atoms with van der Waals surface area (Å²) in [7, 11) is 0. The van der Waals surface area contributed by atoms with Gasteiger partial charge in [-0.15, -0.1) is 0 Å². The maximum absolute atomic E-state index is 5.93. The predicted octanol–water partition coefficient (Wildman–Crippen LogP) is 3.92. The zero-order valence-electron chi connectivity index (χ0n) is 11.3. The second-order valence-electron chi connectivity index (χ2n) is 4.65. The van der Waals surface area contributed by atoms with Gasteiger partial charge in [0.2, 0.25) is 0 Å². The van der Waals surface area contributed by atoms with E-state index < -0.39 is 0 Å². The van der Waals surface area contributed by atoms with Gasteiger partial charge in [-0.05, 0) is 18.2 Å². The highest BCUT2D eigenvalue weighted by atomic mass is 35.5. The SMILES string of the molecule is NCc1cc(-c2ccc(Cl)cc2)nc(-c2ccccc2)n1. The van der Waals surface area contributed by atoms with E-state index in [9.17, 15) is 0 Å². The first kappa shape index (κ1) is 13.7. The fourth-order valence-corrected chi connectivity index (χ4v) is 2.21. The van der Waals surface area contributed by atoms with Gasteiger partial charge in [0, 0.05) is 22.7 Å². The van der Waals surface area contributed by atoms with E-state index in [1.165, 1.54) is 0 Å². The fourth-order valence-electron chi connectivity index (χ4n) is 2.09. The molecule has 0 unspecified atom stereocenters. The molecule has 0 spiro atoms. The maximum Gasteiger partial charge on any atom is 0.160 e. The van der Waals surface area contributed by atoms with Crippen LogP contribution >= 0.6 is 11.6 Å². The van der Waals surface area contributed by atoms with Gasteiger partial charge in [-0.3, -0.25) is 0 Å². The van der Waals surface area contributed by atoms with Crippen molar-refractivity contribution in [2.24, 2.45) is 5.73 Å². The lowest BCUT2D eigenvalue weighted by Crippen LogP contribution is -2.03.